The lowest BCUT2D eigenvalue weighted by Gasteiger charge is -2.31. The van der Waals surface area contributed by atoms with E-state index in [1.165, 1.54) is 25.6 Å². The lowest BCUT2D eigenvalue weighted by atomic mass is 9.73. The van der Waals surface area contributed by atoms with Crippen molar-refractivity contribution in [2.75, 3.05) is 0 Å². The van der Waals surface area contributed by atoms with Crippen molar-refractivity contribution in [1.82, 2.24) is 14.8 Å². The Kier molecular flexibility index (Phi) is 2.84. The van der Waals surface area contributed by atoms with E-state index >= 15 is 0 Å². The molecule has 15 heavy (non-hydrogen) atoms. The maximum absolute atomic E-state index is 12.1. The van der Waals surface area contributed by atoms with Gasteiger partial charge >= 0.3 is 0 Å². The highest BCUT2D eigenvalue weighted by Gasteiger charge is 2.34. The van der Waals surface area contributed by atoms with E-state index in [9.17, 15) is 4.79 Å². The number of nitrogens with zero attached hydrogens (tertiary/aromatic N) is 3. The Bertz CT molecular complexity index is 326. The molecule has 82 valence electrons. The van der Waals surface area contributed by atoms with Crippen molar-refractivity contribution in [3.8, 4) is 0 Å². The maximum atomic E-state index is 12.1. The van der Waals surface area contributed by atoms with Crippen LogP contribution in [0.4, 0.5) is 0 Å². The van der Waals surface area contributed by atoms with E-state index in [1.54, 1.807) is 11.0 Å². The summed E-state index contributed by atoms with van der Waals surface area (Å²) in [6.45, 7) is 2.46. The number of carbonyl (C=O) groups is 1. The molecule has 0 bridgehead atoms. The summed E-state index contributed by atoms with van der Waals surface area (Å²) >= 11 is 0. The van der Waals surface area contributed by atoms with Gasteiger partial charge in [-0.3, -0.25) is 4.79 Å². The van der Waals surface area contributed by atoms with Crippen molar-refractivity contribution >= 4 is 5.78 Å². The molecular weight excluding hydrogens is 190 g/mol. The third-order valence-corrected chi connectivity index (χ3v) is 3.40. The van der Waals surface area contributed by atoms with Crippen LogP contribution < -0.4 is 0 Å². The molecule has 0 radical (unpaired) electrons. The second-order valence-corrected chi connectivity index (χ2v) is 4.64. The largest absolute Gasteiger partial charge is 0.297 e. The Balaban J connectivity index is 2.00. The van der Waals surface area contributed by atoms with E-state index in [0.29, 0.717) is 12.3 Å². The second-order valence-electron chi connectivity index (χ2n) is 4.64. The highest BCUT2D eigenvalue weighted by molar-refractivity contribution is 5.84. The molecule has 1 fully saturated rings. The summed E-state index contributed by atoms with van der Waals surface area (Å²) in [7, 11) is 0. The SMILES string of the molecule is CC1(C(=O)Cn2cncn2)CCCCC1. The lowest BCUT2D eigenvalue weighted by molar-refractivity contribution is -0.130. The Morgan fingerprint density at radius 3 is 2.73 bits per heavy atom. The maximum Gasteiger partial charge on any atom is 0.160 e. The molecule has 1 saturated carbocycles. The fourth-order valence-electron chi connectivity index (χ4n) is 2.26. The van der Waals surface area contributed by atoms with E-state index in [4.69, 9.17) is 0 Å². The molecule has 0 aliphatic heterocycles. The monoisotopic (exact) mass is 207 g/mol. The number of Topliss-reactive ketones (excluding diaryl/α,β-unsaturated/α-hetero) is 1. The molecule has 0 atom stereocenters. The quantitative estimate of drug-likeness (QED) is 0.759. The van der Waals surface area contributed by atoms with Gasteiger partial charge in [-0.15, -0.1) is 0 Å². The van der Waals surface area contributed by atoms with E-state index in [2.05, 4.69) is 17.0 Å². The van der Waals surface area contributed by atoms with Crippen LogP contribution in [0.15, 0.2) is 12.7 Å². The van der Waals surface area contributed by atoms with Crippen molar-refractivity contribution in [1.29, 1.82) is 0 Å². The Morgan fingerprint density at radius 1 is 1.40 bits per heavy atom. The number of carbonyl (C=O) groups excluding carboxylic acids is 1. The number of hydrogen-bond acceptors (Lipinski definition) is 3. The van der Waals surface area contributed by atoms with Gasteiger partial charge < -0.3 is 0 Å². The van der Waals surface area contributed by atoms with E-state index in [-0.39, 0.29) is 5.41 Å². The molecular formula is C11H17N3O. The summed E-state index contributed by atoms with van der Waals surface area (Å²) in [5, 5.41) is 3.97. The molecule has 4 heteroatoms. The van der Waals surface area contributed by atoms with Gasteiger partial charge in [-0.05, 0) is 12.8 Å². The van der Waals surface area contributed by atoms with Crippen LogP contribution in [0.25, 0.3) is 0 Å². The highest BCUT2D eigenvalue weighted by Crippen LogP contribution is 2.36. The van der Waals surface area contributed by atoms with E-state index < -0.39 is 0 Å². The highest BCUT2D eigenvalue weighted by atomic mass is 16.1. The third-order valence-electron chi connectivity index (χ3n) is 3.40. The van der Waals surface area contributed by atoms with Crippen LogP contribution >= 0.6 is 0 Å². The molecule has 0 spiro atoms. The fraction of sp³-hybridized carbons (Fsp3) is 0.727. The van der Waals surface area contributed by atoms with E-state index in [0.717, 1.165) is 12.8 Å². The van der Waals surface area contributed by atoms with Crippen LogP contribution in [0.2, 0.25) is 0 Å². The molecule has 2 rings (SSSR count). The zero-order valence-electron chi connectivity index (χ0n) is 9.15. The smallest absolute Gasteiger partial charge is 0.160 e. The number of hydrogen-bond donors (Lipinski definition) is 0. The molecule has 1 aromatic heterocycles. The van der Waals surface area contributed by atoms with Gasteiger partial charge in [0, 0.05) is 5.41 Å². The van der Waals surface area contributed by atoms with Crippen molar-refractivity contribution in [3.63, 3.8) is 0 Å². The first-order valence-corrected chi connectivity index (χ1v) is 5.56. The average Bonchev–Trinajstić information content (AvgIpc) is 2.71. The van der Waals surface area contributed by atoms with Crippen molar-refractivity contribution in [2.45, 2.75) is 45.6 Å². The van der Waals surface area contributed by atoms with Crippen LogP contribution in [0.1, 0.15) is 39.0 Å². The number of ketones is 1. The Hall–Kier alpha value is -1.19. The zero-order chi connectivity index (χ0) is 10.7. The van der Waals surface area contributed by atoms with Gasteiger partial charge in [-0.2, -0.15) is 5.10 Å². The molecule has 0 N–H and O–H groups in total. The van der Waals surface area contributed by atoms with Crippen LogP contribution in [0.3, 0.4) is 0 Å². The number of rotatable bonds is 3. The first-order chi connectivity index (χ1) is 7.21. The second kappa shape index (κ2) is 4.13. The molecule has 4 nitrogen and oxygen atoms in total. The molecule has 0 aromatic carbocycles. The van der Waals surface area contributed by atoms with Gasteiger partial charge in [0.2, 0.25) is 0 Å². The normalized spacial score (nSPS) is 20.1. The fourth-order valence-corrected chi connectivity index (χ4v) is 2.26. The van der Waals surface area contributed by atoms with Crippen molar-refractivity contribution < 1.29 is 4.79 Å². The van der Waals surface area contributed by atoms with E-state index in [1.807, 2.05) is 0 Å². The molecule has 1 aliphatic rings. The van der Waals surface area contributed by atoms with Gasteiger partial charge in [-0.25, -0.2) is 9.67 Å². The van der Waals surface area contributed by atoms with Crippen molar-refractivity contribution in [3.05, 3.63) is 12.7 Å². The Labute approximate surface area is 89.7 Å². The lowest BCUT2D eigenvalue weighted by Crippen LogP contribution is -2.33. The molecule has 1 aliphatic carbocycles. The van der Waals surface area contributed by atoms with Crippen LogP contribution in [-0.2, 0) is 11.3 Å². The Morgan fingerprint density at radius 2 is 2.13 bits per heavy atom. The first kappa shape index (κ1) is 10.3. The van der Waals surface area contributed by atoms with Gasteiger partial charge in [0.1, 0.15) is 19.2 Å². The molecule has 1 heterocycles. The van der Waals surface area contributed by atoms with Gasteiger partial charge in [0.15, 0.2) is 5.78 Å². The summed E-state index contributed by atoms with van der Waals surface area (Å²) in [4.78, 5) is 15.9. The minimum Gasteiger partial charge on any atom is -0.297 e. The predicted molar refractivity (Wildman–Crippen MR) is 56.2 cm³/mol. The molecule has 0 amide bonds. The molecule has 1 aromatic rings. The summed E-state index contributed by atoms with van der Waals surface area (Å²) in [6, 6.07) is 0. The summed E-state index contributed by atoms with van der Waals surface area (Å²) in [5.74, 6) is 0.299. The van der Waals surface area contributed by atoms with Gasteiger partial charge in [-0.1, -0.05) is 26.2 Å². The average molecular weight is 207 g/mol. The molecule has 0 unspecified atom stereocenters. The van der Waals surface area contributed by atoms with Crippen LogP contribution in [0.5, 0.6) is 0 Å². The summed E-state index contributed by atoms with van der Waals surface area (Å²) < 4.78 is 1.61. The summed E-state index contributed by atoms with van der Waals surface area (Å²) in [6.07, 6.45) is 8.76. The standard InChI is InChI=1S/C11H17N3O/c1-11(5-3-2-4-6-11)10(15)7-14-9-12-8-13-14/h8-9H,2-7H2,1H3. The van der Waals surface area contributed by atoms with Gasteiger partial charge in [0.25, 0.3) is 0 Å². The third kappa shape index (κ3) is 2.25. The number of aromatic nitrogens is 3. The van der Waals surface area contributed by atoms with Gasteiger partial charge in [0.05, 0.1) is 0 Å². The molecule has 0 saturated heterocycles. The topological polar surface area (TPSA) is 47.8 Å². The van der Waals surface area contributed by atoms with Crippen LogP contribution in [-0.4, -0.2) is 20.5 Å². The predicted octanol–water partition coefficient (Wildman–Crippen LogP) is 1.82. The minimum atomic E-state index is -0.121. The summed E-state index contributed by atoms with van der Waals surface area (Å²) in [5.41, 5.74) is -0.121. The zero-order valence-corrected chi connectivity index (χ0v) is 9.15. The van der Waals surface area contributed by atoms with Crippen LogP contribution in [0, 0.1) is 5.41 Å². The van der Waals surface area contributed by atoms with Crippen molar-refractivity contribution in [2.24, 2.45) is 5.41 Å². The first-order valence-electron chi connectivity index (χ1n) is 5.56. The minimum absolute atomic E-state index is 0.121.